The van der Waals surface area contributed by atoms with Gasteiger partial charge in [-0.15, -0.1) is 0 Å². The lowest BCUT2D eigenvalue weighted by Gasteiger charge is -2.12. The maximum absolute atomic E-state index is 12.8. The Morgan fingerprint density at radius 1 is 0.861 bits per heavy atom. The molecular formula is C24H18F3N3O6. The molecule has 0 heterocycles. The zero-order valence-electron chi connectivity index (χ0n) is 18.4. The van der Waals surface area contributed by atoms with E-state index in [1.54, 1.807) is 36.4 Å². The Labute approximate surface area is 202 Å². The summed E-state index contributed by atoms with van der Waals surface area (Å²) in [6, 6.07) is 16.4. The monoisotopic (exact) mass is 501 g/mol. The van der Waals surface area contributed by atoms with Gasteiger partial charge in [-0.05, 0) is 29.8 Å². The molecule has 0 saturated carbocycles. The first-order valence-corrected chi connectivity index (χ1v) is 10.3. The smallest absolute Gasteiger partial charge is 0.416 e. The highest BCUT2D eigenvalue weighted by molar-refractivity contribution is 6.03. The Balaban J connectivity index is 1.64. The van der Waals surface area contributed by atoms with Crippen LogP contribution in [0.2, 0.25) is 0 Å². The Morgan fingerprint density at radius 3 is 2.17 bits per heavy atom. The molecule has 0 aliphatic rings. The summed E-state index contributed by atoms with van der Waals surface area (Å²) in [4.78, 5) is 47.1. The number of nitrogens with one attached hydrogen (secondary N) is 2. The average Bonchev–Trinajstić information content (AvgIpc) is 2.83. The summed E-state index contributed by atoms with van der Waals surface area (Å²) in [6.07, 6.45) is -4.76. The summed E-state index contributed by atoms with van der Waals surface area (Å²) in [5.41, 5.74) is -1.89. The van der Waals surface area contributed by atoms with Crippen LogP contribution >= 0.6 is 0 Å². The van der Waals surface area contributed by atoms with Gasteiger partial charge in [0.15, 0.2) is 6.61 Å². The van der Waals surface area contributed by atoms with E-state index in [4.69, 9.17) is 4.74 Å². The van der Waals surface area contributed by atoms with Gasteiger partial charge in [0, 0.05) is 6.07 Å². The number of carbonyl (C=O) groups excluding carboxylic acids is 3. The van der Waals surface area contributed by atoms with Crippen molar-refractivity contribution in [2.45, 2.75) is 12.6 Å². The minimum absolute atomic E-state index is 0.0489. The number of hydrogen-bond donors (Lipinski definition) is 2. The molecule has 0 saturated heterocycles. The second kappa shape index (κ2) is 11.1. The number of esters is 1. The molecule has 0 spiro atoms. The second-order valence-electron chi connectivity index (χ2n) is 7.37. The van der Waals surface area contributed by atoms with Crippen LogP contribution in [0.4, 0.5) is 30.2 Å². The molecule has 0 unspecified atom stereocenters. The van der Waals surface area contributed by atoms with Crippen molar-refractivity contribution in [2.75, 3.05) is 17.2 Å². The largest absolute Gasteiger partial charge is 0.452 e. The lowest BCUT2D eigenvalue weighted by molar-refractivity contribution is -0.384. The molecule has 0 aliphatic carbocycles. The van der Waals surface area contributed by atoms with Gasteiger partial charge in [-0.25, -0.2) is 4.79 Å². The van der Waals surface area contributed by atoms with E-state index in [9.17, 15) is 37.7 Å². The van der Waals surface area contributed by atoms with E-state index in [1.807, 2.05) is 0 Å². The molecule has 3 rings (SSSR count). The molecule has 0 aromatic heterocycles. The Kier molecular flexibility index (Phi) is 8.00. The van der Waals surface area contributed by atoms with Gasteiger partial charge >= 0.3 is 12.1 Å². The number of benzene rings is 3. The zero-order chi connectivity index (χ0) is 26.3. The molecule has 0 fully saturated rings. The summed E-state index contributed by atoms with van der Waals surface area (Å²) in [5, 5.41) is 15.8. The number of amides is 2. The van der Waals surface area contributed by atoms with E-state index in [0.29, 0.717) is 6.07 Å². The highest BCUT2D eigenvalue weighted by Gasteiger charge is 2.33. The number of alkyl halides is 3. The number of halogens is 3. The maximum atomic E-state index is 12.8. The number of para-hydroxylation sites is 1. The van der Waals surface area contributed by atoms with Crippen LogP contribution in [0.25, 0.3) is 0 Å². The lowest BCUT2D eigenvalue weighted by atomic mass is 10.1. The summed E-state index contributed by atoms with van der Waals surface area (Å²) >= 11 is 0. The van der Waals surface area contributed by atoms with Crippen molar-refractivity contribution >= 4 is 34.8 Å². The summed E-state index contributed by atoms with van der Waals surface area (Å²) in [5.74, 6) is -2.38. The molecule has 0 bridgehead atoms. The Hall–Kier alpha value is -4.74. The van der Waals surface area contributed by atoms with Crippen molar-refractivity contribution in [3.8, 4) is 0 Å². The van der Waals surface area contributed by atoms with Crippen molar-refractivity contribution < 1.29 is 37.2 Å². The van der Waals surface area contributed by atoms with Crippen molar-refractivity contribution in [1.82, 2.24) is 0 Å². The molecule has 2 amide bonds. The zero-order valence-corrected chi connectivity index (χ0v) is 18.4. The molecule has 2 N–H and O–H groups in total. The van der Waals surface area contributed by atoms with Crippen molar-refractivity contribution in [3.63, 3.8) is 0 Å². The predicted octanol–water partition coefficient (Wildman–Crippen LogP) is 4.59. The summed E-state index contributed by atoms with van der Waals surface area (Å²) < 4.78 is 43.4. The van der Waals surface area contributed by atoms with E-state index >= 15 is 0 Å². The van der Waals surface area contributed by atoms with Crippen LogP contribution in [0.5, 0.6) is 0 Å². The van der Waals surface area contributed by atoms with Gasteiger partial charge in [0.05, 0.1) is 28.2 Å². The van der Waals surface area contributed by atoms with Gasteiger partial charge in [0.1, 0.15) is 5.69 Å². The van der Waals surface area contributed by atoms with E-state index < -0.39 is 52.4 Å². The third-order valence-corrected chi connectivity index (χ3v) is 4.76. The van der Waals surface area contributed by atoms with Gasteiger partial charge in [0.2, 0.25) is 5.91 Å². The molecule has 0 atom stereocenters. The van der Waals surface area contributed by atoms with Gasteiger partial charge in [-0.1, -0.05) is 42.5 Å². The summed E-state index contributed by atoms with van der Waals surface area (Å²) in [7, 11) is 0. The molecular weight excluding hydrogens is 483 g/mol. The van der Waals surface area contributed by atoms with E-state index in [0.717, 1.165) is 11.6 Å². The normalized spacial score (nSPS) is 10.9. The van der Waals surface area contributed by atoms with Crippen LogP contribution in [0.3, 0.4) is 0 Å². The van der Waals surface area contributed by atoms with Gasteiger partial charge < -0.3 is 15.4 Å². The average molecular weight is 501 g/mol. The number of carbonyl (C=O) groups is 3. The van der Waals surface area contributed by atoms with Gasteiger partial charge in [-0.2, -0.15) is 13.2 Å². The first-order chi connectivity index (χ1) is 17.0. The van der Waals surface area contributed by atoms with Gasteiger partial charge in [0.25, 0.3) is 11.6 Å². The highest BCUT2D eigenvalue weighted by atomic mass is 19.4. The number of hydrogen-bond acceptors (Lipinski definition) is 6. The number of nitro groups is 1. The van der Waals surface area contributed by atoms with Crippen LogP contribution < -0.4 is 10.6 Å². The van der Waals surface area contributed by atoms with E-state index in [2.05, 4.69) is 10.6 Å². The van der Waals surface area contributed by atoms with Gasteiger partial charge in [-0.3, -0.25) is 19.7 Å². The van der Waals surface area contributed by atoms with Crippen molar-refractivity contribution in [2.24, 2.45) is 0 Å². The fraction of sp³-hybridized carbons (Fsp3) is 0.125. The summed E-state index contributed by atoms with van der Waals surface area (Å²) in [6.45, 7) is -0.886. The molecule has 36 heavy (non-hydrogen) atoms. The molecule has 0 radical (unpaired) electrons. The lowest BCUT2D eigenvalue weighted by Crippen LogP contribution is -2.23. The SMILES string of the molecule is O=C(Cc1ccccc1)Nc1ccccc1C(=O)OCC(=O)Nc1ccc(C(F)(F)F)cc1[N+](=O)[O-]. The number of rotatable bonds is 8. The first-order valence-electron chi connectivity index (χ1n) is 10.3. The third-order valence-electron chi connectivity index (χ3n) is 4.76. The molecule has 3 aromatic carbocycles. The Morgan fingerprint density at radius 2 is 1.50 bits per heavy atom. The molecule has 12 heteroatoms. The number of anilines is 2. The van der Waals surface area contributed by atoms with Crippen LogP contribution in [0, 0.1) is 10.1 Å². The third kappa shape index (κ3) is 6.88. The van der Waals surface area contributed by atoms with Crippen molar-refractivity contribution in [3.05, 3.63) is 99.6 Å². The number of ether oxygens (including phenoxy) is 1. The topological polar surface area (TPSA) is 128 Å². The van der Waals surface area contributed by atoms with Crippen LogP contribution in [0.15, 0.2) is 72.8 Å². The van der Waals surface area contributed by atoms with Crippen LogP contribution in [-0.2, 0) is 26.9 Å². The number of nitro benzene ring substituents is 1. The van der Waals surface area contributed by atoms with Crippen molar-refractivity contribution in [1.29, 1.82) is 0 Å². The molecule has 186 valence electrons. The molecule has 0 aliphatic heterocycles. The number of nitrogens with zero attached hydrogens (tertiary/aromatic N) is 1. The van der Waals surface area contributed by atoms with Crippen LogP contribution in [-0.4, -0.2) is 29.3 Å². The van der Waals surface area contributed by atoms with E-state index in [-0.39, 0.29) is 23.7 Å². The fourth-order valence-electron chi connectivity index (χ4n) is 3.11. The highest BCUT2D eigenvalue weighted by Crippen LogP contribution is 2.35. The second-order valence-corrected chi connectivity index (χ2v) is 7.37. The minimum Gasteiger partial charge on any atom is -0.452 e. The molecule has 9 nitrogen and oxygen atoms in total. The fourth-order valence-corrected chi connectivity index (χ4v) is 3.11. The standard InChI is InChI=1S/C24H18F3N3O6/c25-24(26,27)16-10-11-19(20(13-16)30(34)35)29-22(32)14-36-23(33)17-8-4-5-9-18(17)28-21(31)12-15-6-2-1-3-7-15/h1-11,13H,12,14H2,(H,28,31)(H,29,32). The maximum Gasteiger partial charge on any atom is 0.416 e. The first kappa shape index (κ1) is 25.9. The van der Waals surface area contributed by atoms with Crippen LogP contribution in [0.1, 0.15) is 21.5 Å². The predicted molar refractivity (Wildman–Crippen MR) is 122 cm³/mol. The minimum atomic E-state index is -4.81. The quantitative estimate of drug-likeness (QED) is 0.264. The van der Waals surface area contributed by atoms with E-state index in [1.165, 1.54) is 18.2 Å². The molecule has 3 aromatic rings. The Bertz CT molecular complexity index is 1300.